The van der Waals surface area contributed by atoms with E-state index < -0.39 is 17.2 Å². The van der Waals surface area contributed by atoms with Gasteiger partial charge in [-0.15, -0.1) is 0 Å². The number of anilines is 2. The Morgan fingerprint density at radius 3 is 2.58 bits per heavy atom. The molecular formula is C24H23N5O3S. The van der Waals surface area contributed by atoms with Crippen LogP contribution in [0.3, 0.4) is 0 Å². The van der Waals surface area contributed by atoms with Crippen molar-refractivity contribution >= 4 is 51.8 Å². The third kappa shape index (κ3) is 3.87. The zero-order chi connectivity index (χ0) is 23.9. The molecule has 2 aromatic carbocycles. The summed E-state index contributed by atoms with van der Waals surface area (Å²) in [6.45, 7) is 7.25. The normalized spacial score (nSPS) is 15.1. The van der Waals surface area contributed by atoms with Crippen LogP contribution in [0.15, 0.2) is 60.3 Å². The lowest BCUT2D eigenvalue weighted by molar-refractivity contribution is -0.117. The van der Waals surface area contributed by atoms with Gasteiger partial charge >= 0.3 is 0 Å². The predicted octanol–water partition coefficient (Wildman–Crippen LogP) is 3.59. The summed E-state index contributed by atoms with van der Waals surface area (Å²) in [5, 5.41) is 4.79. The van der Waals surface area contributed by atoms with Gasteiger partial charge in [0.15, 0.2) is 5.37 Å². The van der Waals surface area contributed by atoms with E-state index in [4.69, 9.17) is 11.5 Å². The van der Waals surface area contributed by atoms with E-state index in [1.54, 1.807) is 25.3 Å². The molecule has 0 saturated carbocycles. The lowest BCUT2D eigenvalue weighted by Crippen LogP contribution is -2.37. The molecule has 1 aromatic heterocycles. The molecule has 2 heterocycles. The highest BCUT2D eigenvalue weighted by Gasteiger charge is 2.28. The molecule has 1 aliphatic heterocycles. The van der Waals surface area contributed by atoms with Crippen LogP contribution >= 0.6 is 11.8 Å². The molecule has 8 nitrogen and oxygen atoms in total. The zero-order valence-corrected chi connectivity index (χ0v) is 19.0. The molecule has 0 radical (unpaired) electrons. The highest BCUT2D eigenvalue weighted by atomic mass is 32.2. The van der Waals surface area contributed by atoms with E-state index in [0.29, 0.717) is 27.7 Å². The van der Waals surface area contributed by atoms with Gasteiger partial charge in [0.1, 0.15) is 0 Å². The van der Waals surface area contributed by atoms with Crippen molar-refractivity contribution in [2.45, 2.75) is 19.2 Å². The van der Waals surface area contributed by atoms with Crippen LogP contribution in [0.2, 0.25) is 0 Å². The molecule has 3 amide bonds. The van der Waals surface area contributed by atoms with Crippen LogP contribution in [-0.4, -0.2) is 28.1 Å². The number of nitrogens with zero attached hydrogens (tertiary/aromatic N) is 1. The van der Waals surface area contributed by atoms with Crippen molar-refractivity contribution in [2.75, 3.05) is 10.2 Å². The lowest BCUT2D eigenvalue weighted by Gasteiger charge is -2.25. The van der Waals surface area contributed by atoms with Gasteiger partial charge in [-0.05, 0) is 48.1 Å². The first-order valence-corrected chi connectivity index (χ1v) is 11.1. The van der Waals surface area contributed by atoms with Gasteiger partial charge in [0.2, 0.25) is 0 Å². The van der Waals surface area contributed by atoms with Crippen LogP contribution in [0, 0.1) is 6.92 Å². The Bertz CT molecular complexity index is 1360. The monoisotopic (exact) mass is 461 g/mol. The molecule has 0 aliphatic carbocycles. The number of fused-ring (bicyclic) bond motifs is 1. The maximum absolute atomic E-state index is 12.3. The summed E-state index contributed by atoms with van der Waals surface area (Å²) in [7, 11) is 0. The number of hydrogen-bond donors (Lipinski definition) is 4. The number of amides is 3. The van der Waals surface area contributed by atoms with Crippen LogP contribution < -0.4 is 21.7 Å². The quantitative estimate of drug-likeness (QED) is 0.416. The molecule has 168 valence electrons. The second-order valence-corrected chi connectivity index (χ2v) is 8.74. The van der Waals surface area contributed by atoms with E-state index in [-0.39, 0.29) is 5.91 Å². The molecule has 0 spiro atoms. The largest absolute Gasteiger partial charge is 0.367 e. The SMILES string of the molecule is C=C(C)C(=O)Nc1c[nH]c2c(C(N)=O)ccc(-c3cccc(N4C=CSC4C(N)=O)c3C)c12. The predicted molar refractivity (Wildman–Crippen MR) is 133 cm³/mol. The summed E-state index contributed by atoms with van der Waals surface area (Å²) in [4.78, 5) is 41.2. The van der Waals surface area contributed by atoms with Gasteiger partial charge < -0.3 is 26.7 Å². The molecule has 0 bridgehead atoms. The number of carbonyl (C=O) groups excluding carboxylic acids is 3. The van der Waals surface area contributed by atoms with Crippen LogP contribution in [-0.2, 0) is 9.59 Å². The minimum absolute atomic E-state index is 0.311. The maximum atomic E-state index is 12.3. The summed E-state index contributed by atoms with van der Waals surface area (Å²) in [5.74, 6) is -1.35. The average Bonchev–Trinajstić information content (AvgIpc) is 3.41. The van der Waals surface area contributed by atoms with Gasteiger partial charge in [-0.3, -0.25) is 14.4 Å². The molecule has 33 heavy (non-hydrogen) atoms. The number of nitrogens with one attached hydrogen (secondary N) is 2. The average molecular weight is 462 g/mol. The zero-order valence-electron chi connectivity index (χ0n) is 18.1. The number of nitrogens with two attached hydrogens (primary N) is 2. The lowest BCUT2D eigenvalue weighted by atomic mass is 9.93. The van der Waals surface area contributed by atoms with Gasteiger partial charge in [0.05, 0.1) is 16.8 Å². The standard InChI is InChI=1S/C24H23N5O3S/c1-12(2)23(32)28-17-11-27-20-16(21(25)30)8-7-15(19(17)20)14-5-4-6-18(13(14)3)29-9-10-33-24(29)22(26)31/h4-11,24,27H,1H2,2-3H3,(H2,25,30)(H2,26,31)(H,28,32). The summed E-state index contributed by atoms with van der Waals surface area (Å²) in [5.41, 5.74) is 16.3. The molecule has 9 heteroatoms. The van der Waals surface area contributed by atoms with Crippen molar-refractivity contribution < 1.29 is 14.4 Å². The van der Waals surface area contributed by atoms with Crippen molar-refractivity contribution in [1.29, 1.82) is 0 Å². The topological polar surface area (TPSA) is 134 Å². The summed E-state index contributed by atoms with van der Waals surface area (Å²) >= 11 is 1.34. The van der Waals surface area contributed by atoms with E-state index in [0.717, 1.165) is 22.4 Å². The number of primary amides is 2. The highest BCUT2D eigenvalue weighted by molar-refractivity contribution is 8.03. The fourth-order valence-electron chi connectivity index (χ4n) is 3.93. The molecule has 1 unspecified atom stereocenters. The number of hydrogen-bond acceptors (Lipinski definition) is 5. The van der Waals surface area contributed by atoms with Crippen LogP contribution in [0.5, 0.6) is 0 Å². The molecule has 4 rings (SSSR count). The third-order valence-electron chi connectivity index (χ3n) is 5.54. The molecule has 1 atom stereocenters. The first kappa shape index (κ1) is 22.2. The maximum Gasteiger partial charge on any atom is 0.251 e. The summed E-state index contributed by atoms with van der Waals surface area (Å²) in [6.07, 6.45) is 3.45. The number of thioether (sulfide) groups is 1. The first-order valence-electron chi connectivity index (χ1n) is 10.1. The van der Waals surface area contributed by atoms with E-state index in [1.165, 1.54) is 11.8 Å². The second kappa shape index (κ2) is 8.51. The van der Waals surface area contributed by atoms with E-state index >= 15 is 0 Å². The van der Waals surface area contributed by atoms with Crippen LogP contribution in [0.25, 0.3) is 22.0 Å². The fourth-order valence-corrected chi connectivity index (χ4v) is 4.73. The fraction of sp³-hybridized carbons (Fsp3) is 0.125. The Hall–Kier alpha value is -3.98. The van der Waals surface area contributed by atoms with Crippen molar-refractivity contribution in [1.82, 2.24) is 4.98 Å². The molecule has 0 saturated heterocycles. The summed E-state index contributed by atoms with van der Waals surface area (Å²) < 4.78 is 0. The molecule has 6 N–H and O–H groups in total. The number of aromatic nitrogens is 1. The van der Waals surface area contributed by atoms with Crippen molar-refractivity contribution in [3.05, 3.63) is 71.4 Å². The minimum Gasteiger partial charge on any atom is -0.367 e. The van der Waals surface area contributed by atoms with E-state index in [1.807, 2.05) is 41.6 Å². The Labute approximate surface area is 194 Å². The van der Waals surface area contributed by atoms with Crippen molar-refractivity contribution in [2.24, 2.45) is 11.5 Å². The smallest absolute Gasteiger partial charge is 0.251 e. The molecule has 1 aliphatic rings. The van der Waals surface area contributed by atoms with Gasteiger partial charge in [-0.25, -0.2) is 0 Å². The molecular weight excluding hydrogens is 438 g/mol. The Morgan fingerprint density at radius 2 is 1.91 bits per heavy atom. The molecule has 3 aromatic rings. The highest BCUT2D eigenvalue weighted by Crippen LogP contribution is 2.41. The molecule has 0 fully saturated rings. The van der Waals surface area contributed by atoms with Gasteiger partial charge in [0, 0.05) is 29.0 Å². The van der Waals surface area contributed by atoms with Gasteiger partial charge in [-0.2, -0.15) is 0 Å². The summed E-state index contributed by atoms with van der Waals surface area (Å²) in [6, 6.07) is 9.21. The van der Waals surface area contributed by atoms with Crippen LogP contribution in [0.4, 0.5) is 11.4 Å². The van der Waals surface area contributed by atoms with Gasteiger partial charge in [0.25, 0.3) is 17.7 Å². The van der Waals surface area contributed by atoms with Gasteiger partial charge in [-0.1, -0.05) is 36.5 Å². The van der Waals surface area contributed by atoms with Crippen LogP contribution in [0.1, 0.15) is 22.8 Å². The Balaban J connectivity index is 1.92. The number of aromatic amines is 1. The number of carbonyl (C=O) groups is 3. The number of benzene rings is 2. The minimum atomic E-state index is -0.583. The van der Waals surface area contributed by atoms with E-state index in [9.17, 15) is 14.4 Å². The van der Waals surface area contributed by atoms with Crippen molar-refractivity contribution in [3.8, 4) is 11.1 Å². The van der Waals surface area contributed by atoms with Crippen molar-refractivity contribution in [3.63, 3.8) is 0 Å². The van der Waals surface area contributed by atoms with E-state index in [2.05, 4.69) is 16.9 Å². The third-order valence-corrected chi connectivity index (χ3v) is 6.53. The first-order chi connectivity index (χ1) is 15.7. The Morgan fingerprint density at radius 1 is 1.15 bits per heavy atom. The number of H-pyrrole nitrogens is 1. The Kier molecular flexibility index (Phi) is 5.73. The number of rotatable bonds is 6. The second-order valence-electron chi connectivity index (χ2n) is 7.74.